The Balaban J connectivity index is 2.53. The number of anilines is 1. The van der Waals surface area contributed by atoms with Gasteiger partial charge in [0.15, 0.2) is 0 Å². The van der Waals surface area contributed by atoms with Gasteiger partial charge in [0, 0.05) is 5.56 Å². The molecule has 0 bridgehead atoms. The van der Waals surface area contributed by atoms with E-state index in [0.29, 0.717) is 5.82 Å². The molecule has 2 rings (SSSR count). The summed E-state index contributed by atoms with van der Waals surface area (Å²) >= 11 is 0. The average molecular weight is 173 g/mol. The van der Waals surface area contributed by atoms with Crippen molar-refractivity contribution in [2.75, 3.05) is 5.73 Å². The fraction of sp³-hybridized carbons (Fsp3) is 0.100. The highest BCUT2D eigenvalue weighted by Crippen LogP contribution is 2.23. The monoisotopic (exact) mass is 173 g/mol. The number of nitrogens with one attached hydrogen (secondary N) is 1. The SMILES string of the molecule is Cc1c(N)n[nH]c1-c1ccccc1. The molecule has 0 unspecified atom stereocenters. The maximum Gasteiger partial charge on any atom is 0.148 e. The quantitative estimate of drug-likeness (QED) is 0.692. The van der Waals surface area contributed by atoms with Gasteiger partial charge >= 0.3 is 0 Å². The van der Waals surface area contributed by atoms with Crippen LogP contribution in [0.2, 0.25) is 0 Å². The largest absolute Gasteiger partial charge is 0.382 e. The average Bonchev–Trinajstić information content (AvgIpc) is 2.49. The number of hydrogen-bond donors (Lipinski definition) is 2. The second kappa shape index (κ2) is 2.94. The van der Waals surface area contributed by atoms with Gasteiger partial charge in [-0.3, -0.25) is 5.10 Å². The molecule has 1 aromatic heterocycles. The van der Waals surface area contributed by atoms with Gasteiger partial charge in [0.05, 0.1) is 5.69 Å². The third kappa shape index (κ3) is 1.28. The van der Waals surface area contributed by atoms with E-state index in [4.69, 9.17) is 5.73 Å². The summed E-state index contributed by atoms with van der Waals surface area (Å²) in [6, 6.07) is 10.0. The summed E-state index contributed by atoms with van der Waals surface area (Å²) in [5, 5.41) is 6.86. The molecule has 0 atom stereocenters. The van der Waals surface area contributed by atoms with Crippen LogP contribution in [0.1, 0.15) is 5.56 Å². The van der Waals surface area contributed by atoms with Crippen molar-refractivity contribution in [2.45, 2.75) is 6.92 Å². The number of rotatable bonds is 1. The Morgan fingerprint density at radius 2 is 1.92 bits per heavy atom. The van der Waals surface area contributed by atoms with Crippen molar-refractivity contribution in [1.82, 2.24) is 10.2 Å². The predicted octanol–water partition coefficient (Wildman–Crippen LogP) is 1.97. The van der Waals surface area contributed by atoms with Crippen LogP contribution in [0.25, 0.3) is 11.3 Å². The topological polar surface area (TPSA) is 54.7 Å². The standard InChI is InChI=1S/C10H11N3/c1-7-9(12-13-10(7)11)8-5-3-2-4-6-8/h2-6H,1H3,(H3,11,12,13). The van der Waals surface area contributed by atoms with Crippen LogP contribution in [0.3, 0.4) is 0 Å². The van der Waals surface area contributed by atoms with Gasteiger partial charge in [-0.2, -0.15) is 5.10 Å². The van der Waals surface area contributed by atoms with E-state index in [2.05, 4.69) is 10.2 Å². The Hall–Kier alpha value is -1.77. The summed E-state index contributed by atoms with van der Waals surface area (Å²) in [6.45, 7) is 1.96. The van der Waals surface area contributed by atoms with Crippen molar-refractivity contribution in [1.29, 1.82) is 0 Å². The van der Waals surface area contributed by atoms with Gasteiger partial charge in [0.1, 0.15) is 5.82 Å². The molecule has 2 aromatic rings. The molecular formula is C10H11N3. The first kappa shape index (κ1) is 7.86. The van der Waals surface area contributed by atoms with Crippen molar-refractivity contribution < 1.29 is 0 Å². The lowest BCUT2D eigenvalue weighted by molar-refractivity contribution is 1.10. The molecule has 1 aromatic carbocycles. The second-order valence-corrected chi connectivity index (χ2v) is 2.97. The lowest BCUT2D eigenvalue weighted by Crippen LogP contribution is -1.86. The Bertz CT molecular complexity index is 403. The highest BCUT2D eigenvalue weighted by Gasteiger charge is 2.06. The lowest BCUT2D eigenvalue weighted by atomic mass is 10.1. The zero-order chi connectivity index (χ0) is 9.26. The van der Waals surface area contributed by atoms with Gasteiger partial charge in [-0.1, -0.05) is 30.3 Å². The number of aromatic amines is 1. The summed E-state index contributed by atoms with van der Waals surface area (Å²) in [5.74, 6) is 0.568. The zero-order valence-electron chi connectivity index (χ0n) is 7.41. The fourth-order valence-electron chi connectivity index (χ4n) is 1.30. The minimum atomic E-state index is 0.568. The number of hydrogen-bond acceptors (Lipinski definition) is 2. The number of nitrogen functional groups attached to an aromatic ring is 1. The fourth-order valence-corrected chi connectivity index (χ4v) is 1.30. The second-order valence-electron chi connectivity index (χ2n) is 2.97. The van der Waals surface area contributed by atoms with Crippen LogP contribution < -0.4 is 5.73 Å². The van der Waals surface area contributed by atoms with Crippen LogP contribution >= 0.6 is 0 Å². The minimum Gasteiger partial charge on any atom is -0.382 e. The number of benzene rings is 1. The molecule has 0 saturated carbocycles. The number of nitrogens with zero attached hydrogens (tertiary/aromatic N) is 1. The van der Waals surface area contributed by atoms with E-state index in [1.54, 1.807) is 0 Å². The number of nitrogens with two attached hydrogens (primary N) is 1. The van der Waals surface area contributed by atoms with Crippen LogP contribution in [-0.2, 0) is 0 Å². The lowest BCUT2D eigenvalue weighted by Gasteiger charge is -1.97. The first-order chi connectivity index (χ1) is 6.29. The molecule has 3 heteroatoms. The van der Waals surface area contributed by atoms with E-state index < -0.39 is 0 Å². The Morgan fingerprint density at radius 3 is 2.46 bits per heavy atom. The molecule has 0 fully saturated rings. The molecule has 0 amide bonds. The molecule has 13 heavy (non-hydrogen) atoms. The molecule has 0 aliphatic rings. The van der Waals surface area contributed by atoms with Crippen molar-refractivity contribution in [3.63, 3.8) is 0 Å². The summed E-state index contributed by atoms with van der Waals surface area (Å²) in [7, 11) is 0. The number of aromatic nitrogens is 2. The molecule has 0 saturated heterocycles. The Kier molecular flexibility index (Phi) is 1.77. The smallest absolute Gasteiger partial charge is 0.148 e. The third-order valence-corrected chi connectivity index (χ3v) is 2.11. The van der Waals surface area contributed by atoms with Crippen LogP contribution in [0.5, 0.6) is 0 Å². The van der Waals surface area contributed by atoms with Gasteiger partial charge in [-0.25, -0.2) is 0 Å². The minimum absolute atomic E-state index is 0.568. The van der Waals surface area contributed by atoms with Gasteiger partial charge in [-0.05, 0) is 12.5 Å². The van der Waals surface area contributed by atoms with Crippen LogP contribution in [0.4, 0.5) is 5.82 Å². The zero-order valence-corrected chi connectivity index (χ0v) is 7.41. The van der Waals surface area contributed by atoms with Gasteiger partial charge in [0.2, 0.25) is 0 Å². The van der Waals surface area contributed by atoms with E-state index in [1.165, 1.54) is 0 Å². The third-order valence-electron chi connectivity index (χ3n) is 2.11. The highest BCUT2D eigenvalue weighted by atomic mass is 15.2. The molecule has 3 nitrogen and oxygen atoms in total. The molecule has 0 aliphatic heterocycles. The summed E-state index contributed by atoms with van der Waals surface area (Å²) in [5.41, 5.74) is 8.75. The van der Waals surface area contributed by atoms with Crippen molar-refractivity contribution in [3.8, 4) is 11.3 Å². The molecule has 0 aliphatic carbocycles. The molecule has 66 valence electrons. The summed E-state index contributed by atoms with van der Waals surface area (Å²) < 4.78 is 0. The Labute approximate surface area is 76.6 Å². The van der Waals surface area contributed by atoms with E-state index in [1.807, 2.05) is 37.3 Å². The first-order valence-corrected chi connectivity index (χ1v) is 4.15. The maximum atomic E-state index is 5.64. The normalized spacial score (nSPS) is 10.2. The van der Waals surface area contributed by atoms with E-state index in [-0.39, 0.29) is 0 Å². The molecular weight excluding hydrogens is 162 g/mol. The van der Waals surface area contributed by atoms with Gasteiger partial charge in [-0.15, -0.1) is 0 Å². The molecule has 0 spiro atoms. The van der Waals surface area contributed by atoms with E-state index in [9.17, 15) is 0 Å². The molecule has 1 heterocycles. The predicted molar refractivity (Wildman–Crippen MR) is 53.2 cm³/mol. The van der Waals surface area contributed by atoms with Crippen LogP contribution in [0, 0.1) is 6.92 Å². The maximum absolute atomic E-state index is 5.64. The van der Waals surface area contributed by atoms with Crippen molar-refractivity contribution >= 4 is 5.82 Å². The summed E-state index contributed by atoms with van der Waals surface area (Å²) in [6.07, 6.45) is 0. The molecule has 3 N–H and O–H groups in total. The highest BCUT2D eigenvalue weighted by molar-refractivity contribution is 5.67. The van der Waals surface area contributed by atoms with Crippen molar-refractivity contribution in [2.24, 2.45) is 0 Å². The van der Waals surface area contributed by atoms with Gasteiger partial charge in [0.25, 0.3) is 0 Å². The Morgan fingerprint density at radius 1 is 1.23 bits per heavy atom. The number of H-pyrrole nitrogens is 1. The first-order valence-electron chi connectivity index (χ1n) is 4.15. The van der Waals surface area contributed by atoms with Crippen LogP contribution in [-0.4, -0.2) is 10.2 Å². The summed E-state index contributed by atoms with van der Waals surface area (Å²) in [4.78, 5) is 0. The molecule has 0 radical (unpaired) electrons. The van der Waals surface area contributed by atoms with E-state index >= 15 is 0 Å². The van der Waals surface area contributed by atoms with Crippen molar-refractivity contribution in [3.05, 3.63) is 35.9 Å². The van der Waals surface area contributed by atoms with E-state index in [0.717, 1.165) is 16.8 Å². The van der Waals surface area contributed by atoms with Gasteiger partial charge < -0.3 is 5.73 Å². The van der Waals surface area contributed by atoms with Crippen LogP contribution in [0.15, 0.2) is 30.3 Å².